The second-order valence-electron chi connectivity index (χ2n) is 6.42. The summed E-state index contributed by atoms with van der Waals surface area (Å²) < 4.78 is 6.32. The highest BCUT2D eigenvalue weighted by Gasteiger charge is 2.24. The molecule has 0 bridgehead atoms. The van der Waals surface area contributed by atoms with Gasteiger partial charge in [-0.1, -0.05) is 36.2 Å². The summed E-state index contributed by atoms with van der Waals surface area (Å²) in [6.07, 6.45) is 1.07. The molecule has 2 rings (SSSR count). The lowest BCUT2D eigenvalue weighted by atomic mass is 10.1. The first-order chi connectivity index (χ1) is 13.8. The van der Waals surface area contributed by atoms with E-state index in [9.17, 15) is 14.4 Å². The normalized spacial score (nSPS) is 10.9. The molecule has 0 unspecified atom stereocenters. The number of nitrogens with zero attached hydrogens (tertiary/aromatic N) is 2. The quantitative estimate of drug-likeness (QED) is 0.619. The SMILES string of the molecule is CCCn1c(N)c(N(CCOC)C(=O)CCc2ccc(Cl)cc2Cl)c(=O)[nH]c1=O. The molecule has 0 saturated carbocycles. The Kier molecular flexibility index (Phi) is 8.31. The number of hydrogen-bond donors (Lipinski definition) is 2. The maximum Gasteiger partial charge on any atom is 0.330 e. The van der Waals surface area contributed by atoms with Crippen molar-refractivity contribution in [3.8, 4) is 0 Å². The third-order valence-electron chi connectivity index (χ3n) is 4.37. The first-order valence-corrected chi connectivity index (χ1v) is 9.91. The van der Waals surface area contributed by atoms with Crippen molar-refractivity contribution < 1.29 is 9.53 Å². The van der Waals surface area contributed by atoms with Crippen molar-refractivity contribution in [3.63, 3.8) is 0 Å². The molecule has 1 aromatic carbocycles. The number of nitrogens with two attached hydrogens (primary N) is 1. The number of methoxy groups -OCH3 is 1. The summed E-state index contributed by atoms with van der Waals surface area (Å²) in [7, 11) is 1.49. The largest absolute Gasteiger partial charge is 0.383 e. The molecule has 0 aliphatic heterocycles. The van der Waals surface area contributed by atoms with E-state index in [1.54, 1.807) is 18.2 Å². The number of anilines is 2. The molecule has 0 spiro atoms. The first-order valence-electron chi connectivity index (χ1n) is 9.16. The number of nitrogen functional groups attached to an aromatic ring is 1. The van der Waals surface area contributed by atoms with E-state index >= 15 is 0 Å². The molecule has 0 aliphatic rings. The van der Waals surface area contributed by atoms with E-state index < -0.39 is 11.2 Å². The lowest BCUT2D eigenvalue weighted by Gasteiger charge is -2.24. The van der Waals surface area contributed by atoms with Gasteiger partial charge in [0.1, 0.15) is 5.82 Å². The van der Waals surface area contributed by atoms with Crippen LogP contribution in [-0.2, 0) is 22.5 Å². The van der Waals surface area contributed by atoms with Gasteiger partial charge in [0.2, 0.25) is 5.91 Å². The average molecular weight is 443 g/mol. The average Bonchev–Trinajstić information content (AvgIpc) is 2.66. The minimum atomic E-state index is -0.714. The summed E-state index contributed by atoms with van der Waals surface area (Å²) in [5.74, 6) is -0.387. The minimum Gasteiger partial charge on any atom is -0.383 e. The van der Waals surface area contributed by atoms with Gasteiger partial charge in [0.05, 0.1) is 6.61 Å². The Bertz CT molecular complexity index is 987. The van der Waals surface area contributed by atoms with E-state index in [1.807, 2.05) is 6.92 Å². The zero-order valence-electron chi connectivity index (χ0n) is 16.3. The fourth-order valence-corrected chi connectivity index (χ4v) is 3.43. The van der Waals surface area contributed by atoms with Crippen LogP contribution < -0.4 is 21.9 Å². The zero-order chi connectivity index (χ0) is 21.6. The highest BCUT2D eigenvalue weighted by molar-refractivity contribution is 6.35. The fraction of sp³-hybridized carbons (Fsp3) is 0.421. The molecule has 0 saturated heterocycles. The standard InChI is InChI=1S/C19H24Cl2N4O4/c1-3-8-25-17(22)16(18(27)23-19(25)28)24(9-10-29-2)15(26)7-5-12-4-6-13(20)11-14(12)21/h4,6,11H,3,5,7-10,22H2,1-2H3,(H,23,27,28). The van der Waals surface area contributed by atoms with Crippen LogP contribution in [0.3, 0.4) is 0 Å². The van der Waals surface area contributed by atoms with E-state index in [0.29, 0.717) is 29.4 Å². The molecular weight excluding hydrogens is 419 g/mol. The predicted molar refractivity (Wildman–Crippen MR) is 115 cm³/mol. The Balaban J connectivity index is 2.36. The number of aromatic nitrogens is 2. The number of aryl methyl sites for hydroxylation is 1. The molecule has 29 heavy (non-hydrogen) atoms. The summed E-state index contributed by atoms with van der Waals surface area (Å²) in [6.45, 7) is 2.50. The van der Waals surface area contributed by atoms with Crippen LogP contribution in [0, 0.1) is 0 Å². The second kappa shape index (κ2) is 10.5. The van der Waals surface area contributed by atoms with Crippen molar-refractivity contribution >= 4 is 40.6 Å². The number of benzene rings is 1. The summed E-state index contributed by atoms with van der Waals surface area (Å²) in [6, 6.07) is 5.05. The van der Waals surface area contributed by atoms with Crippen LogP contribution in [0.1, 0.15) is 25.3 Å². The molecule has 1 heterocycles. The zero-order valence-corrected chi connectivity index (χ0v) is 17.8. The molecule has 0 fully saturated rings. The lowest BCUT2D eigenvalue weighted by molar-refractivity contribution is -0.118. The lowest BCUT2D eigenvalue weighted by Crippen LogP contribution is -2.42. The van der Waals surface area contributed by atoms with Crippen molar-refractivity contribution in [3.05, 3.63) is 54.6 Å². The second-order valence-corrected chi connectivity index (χ2v) is 7.26. The number of carbonyl (C=O) groups is 1. The number of carbonyl (C=O) groups excluding carboxylic acids is 1. The van der Waals surface area contributed by atoms with Crippen LogP contribution in [0.2, 0.25) is 10.0 Å². The summed E-state index contributed by atoms with van der Waals surface area (Å²) in [4.78, 5) is 41.0. The maximum absolute atomic E-state index is 13.0. The number of halogens is 2. The van der Waals surface area contributed by atoms with Gasteiger partial charge in [0.15, 0.2) is 5.69 Å². The number of nitrogens with one attached hydrogen (secondary N) is 1. The van der Waals surface area contributed by atoms with Crippen LogP contribution in [-0.4, -0.2) is 35.7 Å². The number of aromatic amines is 1. The summed E-state index contributed by atoms with van der Waals surface area (Å²) >= 11 is 12.1. The Labute approximate surface area is 178 Å². The molecular formula is C19H24Cl2N4O4. The molecule has 0 aliphatic carbocycles. The fourth-order valence-electron chi connectivity index (χ4n) is 2.93. The first kappa shape index (κ1) is 23.0. The van der Waals surface area contributed by atoms with Crippen LogP contribution in [0.5, 0.6) is 0 Å². The molecule has 158 valence electrons. The van der Waals surface area contributed by atoms with E-state index in [0.717, 1.165) is 5.56 Å². The van der Waals surface area contributed by atoms with Gasteiger partial charge in [-0.05, 0) is 30.5 Å². The monoisotopic (exact) mass is 442 g/mol. The topological polar surface area (TPSA) is 110 Å². The van der Waals surface area contributed by atoms with Gasteiger partial charge in [-0.25, -0.2) is 4.79 Å². The van der Waals surface area contributed by atoms with Gasteiger partial charge in [0, 0.05) is 36.7 Å². The Hall–Kier alpha value is -2.29. The molecule has 1 amide bonds. The van der Waals surface area contributed by atoms with Crippen LogP contribution in [0.4, 0.5) is 11.5 Å². The van der Waals surface area contributed by atoms with Crippen molar-refractivity contribution in [2.75, 3.05) is 30.9 Å². The van der Waals surface area contributed by atoms with Gasteiger partial charge >= 0.3 is 5.69 Å². The maximum atomic E-state index is 13.0. The number of amides is 1. The van der Waals surface area contributed by atoms with Crippen molar-refractivity contribution in [1.29, 1.82) is 0 Å². The number of hydrogen-bond acceptors (Lipinski definition) is 5. The van der Waals surface area contributed by atoms with Crippen molar-refractivity contribution in [2.45, 2.75) is 32.7 Å². The Morgan fingerprint density at radius 1 is 1.31 bits per heavy atom. The smallest absolute Gasteiger partial charge is 0.330 e. The predicted octanol–water partition coefficient (Wildman–Crippen LogP) is 2.45. The highest BCUT2D eigenvalue weighted by atomic mass is 35.5. The van der Waals surface area contributed by atoms with Gasteiger partial charge < -0.3 is 15.4 Å². The van der Waals surface area contributed by atoms with Gasteiger partial charge in [-0.15, -0.1) is 0 Å². The van der Waals surface area contributed by atoms with Crippen LogP contribution >= 0.6 is 23.2 Å². The third-order valence-corrected chi connectivity index (χ3v) is 4.96. The number of rotatable bonds is 9. The molecule has 8 nitrogen and oxygen atoms in total. The van der Waals surface area contributed by atoms with Gasteiger partial charge in [0.25, 0.3) is 5.56 Å². The van der Waals surface area contributed by atoms with Crippen molar-refractivity contribution in [1.82, 2.24) is 9.55 Å². The summed E-state index contributed by atoms with van der Waals surface area (Å²) in [5.41, 5.74) is 5.49. The highest BCUT2D eigenvalue weighted by Crippen LogP contribution is 2.23. The third kappa shape index (κ3) is 5.62. The molecule has 1 aromatic heterocycles. The van der Waals surface area contributed by atoms with Crippen LogP contribution in [0.25, 0.3) is 0 Å². The molecule has 2 aromatic rings. The Morgan fingerprint density at radius 3 is 2.66 bits per heavy atom. The van der Waals surface area contributed by atoms with Crippen LogP contribution in [0.15, 0.2) is 27.8 Å². The van der Waals surface area contributed by atoms with E-state index in [4.69, 9.17) is 33.7 Å². The van der Waals surface area contributed by atoms with Gasteiger partial charge in [-0.3, -0.25) is 19.1 Å². The number of H-pyrrole nitrogens is 1. The number of ether oxygens (including phenoxy) is 1. The van der Waals surface area contributed by atoms with Gasteiger partial charge in [-0.2, -0.15) is 0 Å². The molecule has 3 N–H and O–H groups in total. The van der Waals surface area contributed by atoms with Crippen molar-refractivity contribution in [2.24, 2.45) is 0 Å². The van der Waals surface area contributed by atoms with E-state index in [-0.39, 0.29) is 37.0 Å². The molecule has 0 radical (unpaired) electrons. The summed E-state index contributed by atoms with van der Waals surface area (Å²) in [5, 5.41) is 0.965. The molecule has 0 atom stereocenters. The Morgan fingerprint density at radius 2 is 2.03 bits per heavy atom. The molecule has 10 heteroatoms. The minimum absolute atomic E-state index is 0.0467. The van der Waals surface area contributed by atoms with E-state index in [1.165, 1.54) is 16.6 Å². The van der Waals surface area contributed by atoms with E-state index in [2.05, 4.69) is 4.98 Å².